The lowest BCUT2D eigenvalue weighted by molar-refractivity contribution is 0.624. The molecule has 27 heavy (non-hydrogen) atoms. The van der Waals surface area contributed by atoms with E-state index in [0.29, 0.717) is 5.95 Å². The molecular formula is C19H22FN7. The third kappa shape index (κ3) is 3.42. The maximum Gasteiger partial charge on any atom is 0.232 e. The maximum atomic E-state index is 13.2. The highest BCUT2D eigenvalue weighted by atomic mass is 19.1. The number of halogens is 1. The Morgan fingerprint density at radius 2 is 1.63 bits per heavy atom. The second kappa shape index (κ2) is 7.22. The molecule has 0 unspecified atom stereocenters. The van der Waals surface area contributed by atoms with Gasteiger partial charge >= 0.3 is 0 Å². The lowest BCUT2D eigenvalue weighted by Crippen LogP contribution is -2.47. The van der Waals surface area contributed by atoms with E-state index < -0.39 is 0 Å². The van der Waals surface area contributed by atoms with Crippen molar-refractivity contribution in [3.8, 4) is 0 Å². The van der Waals surface area contributed by atoms with Crippen LogP contribution in [0.2, 0.25) is 0 Å². The van der Waals surface area contributed by atoms with Gasteiger partial charge in [0.15, 0.2) is 0 Å². The SMILES string of the molecule is CN(c1ccc(F)cc1)c1nnc(N2CCN(c3ccccn3)CC2)n1C. The lowest BCUT2D eigenvalue weighted by Gasteiger charge is -2.35. The van der Waals surface area contributed by atoms with Gasteiger partial charge in [0, 0.05) is 52.2 Å². The monoisotopic (exact) mass is 367 g/mol. The molecule has 0 saturated carbocycles. The standard InChI is InChI=1S/C19H22FN7/c1-24(16-8-6-15(20)7-9-16)18-22-23-19(25(18)2)27-13-11-26(12-14-27)17-5-3-4-10-21-17/h3-10H,11-14H2,1-2H3. The van der Waals surface area contributed by atoms with Gasteiger partial charge in [0.25, 0.3) is 0 Å². The Labute approximate surface area is 157 Å². The predicted molar refractivity (Wildman–Crippen MR) is 104 cm³/mol. The van der Waals surface area contributed by atoms with Crippen molar-refractivity contribution < 1.29 is 4.39 Å². The van der Waals surface area contributed by atoms with E-state index in [1.807, 2.05) is 48.0 Å². The van der Waals surface area contributed by atoms with Crippen LogP contribution < -0.4 is 14.7 Å². The van der Waals surface area contributed by atoms with Crippen LogP contribution >= 0.6 is 0 Å². The molecule has 1 aliphatic rings. The van der Waals surface area contributed by atoms with Gasteiger partial charge in [-0.3, -0.25) is 4.57 Å². The molecule has 0 aliphatic carbocycles. The van der Waals surface area contributed by atoms with Crippen LogP contribution in [0.4, 0.5) is 27.8 Å². The Bertz CT molecular complexity index is 886. The minimum absolute atomic E-state index is 0.253. The molecule has 0 N–H and O–H groups in total. The number of hydrogen-bond donors (Lipinski definition) is 0. The molecule has 1 saturated heterocycles. The second-order valence-electron chi connectivity index (χ2n) is 6.56. The van der Waals surface area contributed by atoms with Gasteiger partial charge in [-0.15, -0.1) is 10.2 Å². The highest BCUT2D eigenvalue weighted by Crippen LogP contribution is 2.25. The van der Waals surface area contributed by atoms with Crippen molar-refractivity contribution >= 4 is 23.4 Å². The van der Waals surface area contributed by atoms with E-state index in [0.717, 1.165) is 43.6 Å². The summed E-state index contributed by atoms with van der Waals surface area (Å²) in [5.74, 6) is 2.30. The Morgan fingerprint density at radius 1 is 0.926 bits per heavy atom. The van der Waals surface area contributed by atoms with E-state index in [-0.39, 0.29) is 5.82 Å². The third-order valence-corrected chi connectivity index (χ3v) is 4.88. The van der Waals surface area contributed by atoms with Crippen LogP contribution in [-0.2, 0) is 7.05 Å². The molecule has 2 aromatic heterocycles. The normalized spacial score (nSPS) is 14.5. The van der Waals surface area contributed by atoms with Crippen LogP contribution in [0.1, 0.15) is 0 Å². The summed E-state index contributed by atoms with van der Waals surface area (Å²) in [6.07, 6.45) is 1.82. The summed E-state index contributed by atoms with van der Waals surface area (Å²) in [6, 6.07) is 12.3. The van der Waals surface area contributed by atoms with Crippen LogP contribution in [-0.4, -0.2) is 53.0 Å². The average molecular weight is 367 g/mol. The fourth-order valence-electron chi connectivity index (χ4n) is 3.34. The quantitative estimate of drug-likeness (QED) is 0.706. The molecule has 8 heteroatoms. The van der Waals surface area contributed by atoms with Gasteiger partial charge < -0.3 is 14.7 Å². The van der Waals surface area contributed by atoms with Crippen molar-refractivity contribution in [3.63, 3.8) is 0 Å². The van der Waals surface area contributed by atoms with E-state index >= 15 is 0 Å². The number of anilines is 4. The molecule has 3 aromatic rings. The molecule has 3 heterocycles. The summed E-state index contributed by atoms with van der Waals surface area (Å²) in [6.45, 7) is 3.46. The Morgan fingerprint density at radius 3 is 2.30 bits per heavy atom. The van der Waals surface area contributed by atoms with Crippen molar-refractivity contribution in [3.05, 3.63) is 54.5 Å². The van der Waals surface area contributed by atoms with Gasteiger partial charge in [-0.2, -0.15) is 0 Å². The highest BCUT2D eigenvalue weighted by Gasteiger charge is 2.23. The number of rotatable bonds is 4. The topological polar surface area (TPSA) is 53.3 Å². The van der Waals surface area contributed by atoms with Crippen molar-refractivity contribution in [2.75, 3.05) is 47.9 Å². The smallest absolute Gasteiger partial charge is 0.232 e. The largest absolute Gasteiger partial charge is 0.353 e. The molecular weight excluding hydrogens is 345 g/mol. The van der Waals surface area contributed by atoms with Crippen molar-refractivity contribution in [1.29, 1.82) is 0 Å². The van der Waals surface area contributed by atoms with Gasteiger partial charge in [0.05, 0.1) is 0 Å². The van der Waals surface area contributed by atoms with Crippen LogP contribution in [0.25, 0.3) is 0 Å². The molecule has 1 fully saturated rings. The molecule has 140 valence electrons. The van der Waals surface area contributed by atoms with Crippen molar-refractivity contribution in [2.45, 2.75) is 0 Å². The van der Waals surface area contributed by atoms with E-state index in [9.17, 15) is 4.39 Å². The summed E-state index contributed by atoms with van der Waals surface area (Å²) in [5.41, 5.74) is 0.860. The molecule has 0 amide bonds. The zero-order valence-electron chi connectivity index (χ0n) is 15.5. The van der Waals surface area contributed by atoms with Crippen LogP contribution in [0.15, 0.2) is 48.7 Å². The fraction of sp³-hybridized carbons (Fsp3) is 0.316. The maximum absolute atomic E-state index is 13.2. The lowest BCUT2D eigenvalue weighted by atomic mass is 10.3. The minimum atomic E-state index is -0.253. The van der Waals surface area contributed by atoms with Crippen LogP contribution in [0.5, 0.6) is 0 Å². The molecule has 1 aliphatic heterocycles. The number of pyridine rings is 1. The van der Waals surface area contributed by atoms with Gasteiger partial charge in [0.2, 0.25) is 11.9 Å². The summed E-state index contributed by atoms with van der Waals surface area (Å²) < 4.78 is 15.1. The molecule has 0 spiro atoms. The minimum Gasteiger partial charge on any atom is -0.353 e. The third-order valence-electron chi connectivity index (χ3n) is 4.88. The van der Waals surface area contributed by atoms with Crippen LogP contribution in [0, 0.1) is 5.82 Å². The van der Waals surface area contributed by atoms with Gasteiger partial charge in [-0.1, -0.05) is 6.07 Å². The number of piperazine rings is 1. The number of hydrogen-bond acceptors (Lipinski definition) is 6. The first-order chi connectivity index (χ1) is 13.1. The molecule has 1 aromatic carbocycles. The van der Waals surface area contributed by atoms with E-state index in [2.05, 4.69) is 25.0 Å². The van der Waals surface area contributed by atoms with E-state index in [1.54, 1.807) is 12.1 Å². The van der Waals surface area contributed by atoms with Crippen molar-refractivity contribution in [2.24, 2.45) is 7.05 Å². The molecule has 0 radical (unpaired) electrons. The van der Waals surface area contributed by atoms with Gasteiger partial charge in [-0.05, 0) is 36.4 Å². The number of nitrogens with zero attached hydrogens (tertiary/aromatic N) is 7. The first kappa shape index (κ1) is 17.3. The van der Waals surface area contributed by atoms with Gasteiger partial charge in [-0.25, -0.2) is 9.37 Å². The number of aromatic nitrogens is 4. The molecule has 4 rings (SSSR count). The summed E-state index contributed by atoms with van der Waals surface area (Å²) in [5, 5.41) is 8.73. The highest BCUT2D eigenvalue weighted by molar-refractivity contribution is 5.58. The first-order valence-electron chi connectivity index (χ1n) is 8.93. The fourth-order valence-corrected chi connectivity index (χ4v) is 3.34. The zero-order valence-corrected chi connectivity index (χ0v) is 15.5. The Kier molecular flexibility index (Phi) is 4.62. The Balaban J connectivity index is 1.47. The Hall–Kier alpha value is -3.16. The van der Waals surface area contributed by atoms with E-state index in [4.69, 9.17) is 0 Å². The van der Waals surface area contributed by atoms with Crippen LogP contribution in [0.3, 0.4) is 0 Å². The summed E-state index contributed by atoms with van der Waals surface area (Å²) in [7, 11) is 3.86. The molecule has 0 bridgehead atoms. The number of benzene rings is 1. The predicted octanol–water partition coefficient (Wildman–Crippen LogP) is 2.44. The van der Waals surface area contributed by atoms with E-state index in [1.165, 1.54) is 12.1 Å². The average Bonchev–Trinajstić information content (AvgIpc) is 3.10. The first-order valence-corrected chi connectivity index (χ1v) is 8.93. The van der Waals surface area contributed by atoms with Gasteiger partial charge in [0.1, 0.15) is 11.6 Å². The summed E-state index contributed by atoms with van der Waals surface area (Å²) >= 11 is 0. The second-order valence-corrected chi connectivity index (χ2v) is 6.56. The zero-order chi connectivity index (χ0) is 18.8. The van der Waals surface area contributed by atoms with Crippen molar-refractivity contribution in [1.82, 2.24) is 19.7 Å². The molecule has 7 nitrogen and oxygen atoms in total. The molecule has 0 atom stereocenters. The summed E-state index contributed by atoms with van der Waals surface area (Å²) in [4.78, 5) is 10.8.